The van der Waals surface area contributed by atoms with Crippen LogP contribution in [0.15, 0.2) is 102 Å². The van der Waals surface area contributed by atoms with Gasteiger partial charge in [-0.05, 0) is 54.6 Å². The second-order valence-electron chi connectivity index (χ2n) is 10.9. The Hall–Kier alpha value is -5.27. The summed E-state index contributed by atoms with van der Waals surface area (Å²) in [6.07, 6.45) is 5.50. The number of carbonyl (C=O) groups excluding carboxylic acids is 2. The number of aromatic nitrogens is 3. The summed E-state index contributed by atoms with van der Waals surface area (Å²) in [7, 11) is -3.28. The SMILES string of the molecule is COc1ncccc1C1(OC(=O)N2CCN(c3ccncc3)CC2)C(=O)N(S(=O)(=O)c2cccc3cccnc23)c2ccc(Cl)cc21. The molecule has 14 heteroatoms. The number of para-hydroxylation sites is 1. The largest absolute Gasteiger partial charge is 0.481 e. The summed E-state index contributed by atoms with van der Waals surface area (Å²) >= 11 is 6.48. The van der Waals surface area contributed by atoms with E-state index in [-0.39, 0.29) is 51.2 Å². The Morgan fingerprint density at radius 1 is 0.872 bits per heavy atom. The van der Waals surface area contributed by atoms with Crippen molar-refractivity contribution in [2.24, 2.45) is 0 Å². The number of amides is 2. The lowest BCUT2D eigenvalue weighted by molar-refractivity contribution is -0.132. The van der Waals surface area contributed by atoms with Crippen LogP contribution in [0.3, 0.4) is 0 Å². The number of methoxy groups -OCH3 is 1. The standard InChI is InChI=1S/C33H27ClN6O6S/c1-45-30-25(7-4-14-37-30)33(46-32(42)39-19-17-38(18-20-39)24-11-15-35-16-12-24)26-21-23(34)9-10-27(26)40(31(33)41)47(43,44)28-8-2-5-22-6-3-13-36-29(22)28/h2-16,21H,17-20H2,1H3. The predicted molar refractivity (Wildman–Crippen MR) is 174 cm³/mol. The molecule has 12 nitrogen and oxygen atoms in total. The average Bonchev–Trinajstić information content (AvgIpc) is 3.35. The van der Waals surface area contributed by atoms with Gasteiger partial charge in [-0.2, -0.15) is 4.31 Å². The van der Waals surface area contributed by atoms with Gasteiger partial charge in [-0.15, -0.1) is 0 Å². The molecule has 5 heterocycles. The molecule has 1 saturated heterocycles. The molecule has 3 aromatic heterocycles. The first kappa shape index (κ1) is 30.4. The van der Waals surface area contributed by atoms with Crippen LogP contribution in [0.25, 0.3) is 10.9 Å². The van der Waals surface area contributed by atoms with Crippen molar-refractivity contribution < 1.29 is 27.5 Å². The quantitative estimate of drug-likeness (QED) is 0.252. The van der Waals surface area contributed by atoms with Crippen molar-refractivity contribution in [3.63, 3.8) is 0 Å². The smallest absolute Gasteiger partial charge is 0.411 e. The zero-order valence-corrected chi connectivity index (χ0v) is 26.6. The lowest BCUT2D eigenvalue weighted by Gasteiger charge is -2.37. The van der Waals surface area contributed by atoms with Crippen LogP contribution in [0.1, 0.15) is 11.1 Å². The third kappa shape index (κ3) is 4.98. The van der Waals surface area contributed by atoms with Crippen molar-refractivity contribution in [2.45, 2.75) is 10.5 Å². The Labute approximate surface area is 275 Å². The molecule has 0 radical (unpaired) electrons. The second-order valence-corrected chi connectivity index (χ2v) is 13.0. The van der Waals surface area contributed by atoms with Crippen LogP contribution in [-0.2, 0) is 25.2 Å². The van der Waals surface area contributed by atoms with E-state index in [1.165, 1.54) is 54.7 Å². The van der Waals surface area contributed by atoms with E-state index in [9.17, 15) is 18.0 Å². The van der Waals surface area contributed by atoms with Crippen LogP contribution in [0, 0.1) is 0 Å². The highest BCUT2D eigenvalue weighted by Crippen LogP contribution is 2.52. The van der Waals surface area contributed by atoms with E-state index in [4.69, 9.17) is 21.1 Å². The van der Waals surface area contributed by atoms with Gasteiger partial charge in [0.25, 0.3) is 21.5 Å². The topological polar surface area (TPSA) is 135 Å². The Kier molecular flexibility index (Phi) is 7.65. The lowest BCUT2D eigenvalue weighted by Crippen LogP contribution is -2.53. The third-order valence-corrected chi connectivity index (χ3v) is 10.3. The molecule has 0 N–H and O–H groups in total. The van der Waals surface area contributed by atoms with E-state index >= 15 is 0 Å². The molecule has 2 aliphatic heterocycles. The molecule has 1 fully saturated rings. The normalized spacial score (nSPS) is 17.9. The molecule has 0 bridgehead atoms. The first-order valence-corrected chi connectivity index (χ1v) is 16.4. The second kappa shape index (κ2) is 11.8. The van der Waals surface area contributed by atoms with E-state index in [0.717, 1.165) is 5.69 Å². The fourth-order valence-corrected chi connectivity index (χ4v) is 7.89. The summed E-state index contributed by atoms with van der Waals surface area (Å²) in [5.74, 6) is -1.09. The minimum Gasteiger partial charge on any atom is -0.481 e. The van der Waals surface area contributed by atoms with Gasteiger partial charge in [0, 0.05) is 72.6 Å². The van der Waals surface area contributed by atoms with Gasteiger partial charge in [0.15, 0.2) is 0 Å². The fourth-order valence-electron chi connectivity index (χ4n) is 6.09. The molecule has 2 aromatic carbocycles. The van der Waals surface area contributed by atoms with Crippen LogP contribution in [0.4, 0.5) is 16.2 Å². The molecule has 47 heavy (non-hydrogen) atoms. The molecular formula is C33H27ClN6O6S. The van der Waals surface area contributed by atoms with Gasteiger partial charge >= 0.3 is 6.09 Å². The number of carbonyl (C=O) groups is 2. The van der Waals surface area contributed by atoms with Crippen LogP contribution >= 0.6 is 11.6 Å². The number of rotatable bonds is 6. The summed E-state index contributed by atoms with van der Waals surface area (Å²) in [6.45, 7) is 1.55. The van der Waals surface area contributed by atoms with Gasteiger partial charge in [0.05, 0.1) is 23.9 Å². The van der Waals surface area contributed by atoms with Gasteiger partial charge in [-0.25, -0.2) is 18.2 Å². The first-order valence-electron chi connectivity index (χ1n) is 14.6. The number of piperazine rings is 1. The Bertz CT molecular complexity index is 2120. The first-order chi connectivity index (χ1) is 22.8. The van der Waals surface area contributed by atoms with Gasteiger partial charge in [-0.1, -0.05) is 29.8 Å². The zero-order valence-electron chi connectivity index (χ0n) is 25.0. The molecule has 1 unspecified atom stereocenters. The number of halogens is 1. The highest BCUT2D eigenvalue weighted by atomic mass is 35.5. The van der Waals surface area contributed by atoms with Crippen LogP contribution in [0.5, 0.6) is 5.88 Å². The Balaban J connectivity index is 1.35. The highest BCUT2D eigenvalue weighted by Gasteiger charge is 2.61. The van der Waals surface area contributed by atoms with Gasteiger partial charge < -0.3 is 19.3 Å². The van der Waals surface area contributed by atoms with E-state index in [2.05, 4.69) is 19.9 Å². The number of pyridine rings is 3. The number of hydrogen-bond donors (Lipinski definition) is 0. The highest BCUT2D eigenvalue weighted by molar-refractivity contribution is 7.93. The molecule has 1 atom stereocenters. The van der Waals surface area contributed by atoms with Crippen molar-refractivity contribution in [1.82, 2.24) is 19.9 Å². The monoisotopic (exact) mass is 670 g/mol. The number of anilines is 2. The number of ether oxygens (including phenoxy) is 2. The third-order valence-electron chi connectivity index (χ3n) is 8.31. The van der Waals surface area contributed by atoms with Crippen molar-refractivity contribution in [1.29, 1.82) is 0 Å². The molecule has 7 rings (SSSR count). The Morgan fingerprint density at radius 3 is 2.36 bits per heavy atom. The van der Waals surface area contributed by atoms with E-state index in [0.29, 0.717) is 22.8 Å². The van der Waals surface area contributed by atoms with Crippen molar-refractivity contribution in [2.75, 3.05) is 42.5 Å². The maximum atomic E-state index is 15.0. The number of benzene rings is 2. The predicted octanol–water partition coefficient (Wildman–Crippen LogP) is 4.62. The average molecular weight is 671 g/mol. The van der Waals surface area contributed by atoms with Crippen LogP contribution in [-0.4, -0.2) is 73.6 Å². The van der Waals surface area contributed by atoms with Crippen molar-refractivity contribution in [3.05, 3.63) is 114 Å². The fraction of sp³-hybridized carbons (Fsp3) is 0.182. The molecule has 0 aliphatic carbocycles. The summed E-state index contributed by atoms with van der Waals surface area (Å²) in [6, 6.07) is 19.2. The molecule has 2 aliphatic rings. The van der Waals surface area contributed by atoms with Crippen molar-refractivity contribution >= 4 is 55.9 Å². The molecular weight excluding hydrogens is 644 g/mol. The maximum absolute atomic E-state index is 15.0. The number of nitrogens with zero attached hydrogens (tertiary/aromatic N) is 6. The number of sulfonamides is 1. The van der Waals surface area contributed by atoms with E-state index < -0.39 is 27.6 Å². The molecule has 0 spiro atoms. The van der Waals surface area contributed by atoms with E-state index in [1.54, 1.807) is 42.7 Å². The summed E-state index contributed by atoms with van der Waals surface area (Å²) in [4.78, 5) is 45.1. The van der Waals surface area contributed by atoms with Crippen molar-refractivity contribution in [3.8, 4) is 5.88 Å². The van der Waals surface area contributed by atoms with Crippen LogP contribution in [0.2, 0.25) is 5.02 Å². The molecule has 2 amide bonds. The minimum absolute atomic E-state index is 0.0338. The Morgan fingerprint density at radius 2 is 1.60 bits per heavy atom. The number of fused-ring (bicyclic) bond motifs is 2. The number of hydrogen-bond acceptors (Lipinski definition) is 10. The van der Waals surface area contributed by atoms with E-state index in [1.807, 2.05) is 12.1 Å². The molecule has 238 valence electrons. The maximum Gasteiger partial charge on any atom is 0.411 e. The summed E-state index contributed by atoms with van der Waals surface area (Å²) in [5, 5.41) is 0.756. The van der Waals surface area contributed by atoms with Gasteiger partial charge in [0.2, 0.25) is 5.88 Å². The molecule has 0 saturated carbocycles. The molecule has 5 aromatic rings. The van der Waals surface area contributed by atoms with Gasteiger partial charge in [-0.3, -0.25) is 14.8 Å². The zero-order chi connectivity index (χ0) is 32.8. The minimum atomic E-state index is -4.64. The summed E-state index contributed by atoms with van der Waals surface area (Å²) in [5.41, 5.74) is -1.14. The van der Waals surface area contributed by atoms with Gasteiger partial charge in [0.1, 0.15) is 4.90 Å². The summed E-state index contributed by atoms with van der Waals surface area (Å²) < 4.78 is 41.6. The lowest BCUT2D eigenvalue weighted by atomic mass is 9.87. The van der Waals surface area contributed by atoms with Crippen LogP contribution < -0.4 is 13.9 Å².